The summed E-state index contributed by atoms with van der Waals surface area (Å²) in [4.78, 5) is 15.0. The molecule has 0 saturated carbocycles. The molecule has 1 aromatic heterocycles. The molecule has 0 saturated heterocycles. The quantitative estimate of drug-likeness (QED) is 0.867. The van der Waals surface area contributed by atoms with E-state index in [-0.39, 0.29) is 11.6 Å². The third kappa shape index (κ3) is 2.92. The average Bonchev–Trinajstić information content (AvgIpc) is 2.41. The smallest absolute Gasteiger partial charge is 0.267 e. The molecule has 0 radical (unpaired) electrons. The standard InChI is InChI=1S/C13H13N3O3/c1-18-8-3-2-4-9(7-8)19-13-10(14)5-6-11(16-13)12(15)17/h2-7H,14H2,1H3,(H2,15,17). The Morgan fingerprint density at radius 3 is 2.63 bits per heavy atom. The van der Waals surface area contributed by atoms with Crippen molar-refractivity contribution in [3.8, 4) is 17.4 Å². The first-order chi connectivity index (χ1) is 9.10. The first-order valence-electron chi connectivity index (χ1n) is 5.48. The Morgan fingerprint density at radius 1 is 1.21 bits per heavy atom. The predicted octanol–water partition coefficient (Wildman–Crippen LogP) is 1.56. The topological polar surface area (TPSA) is 100 Å². The number of nitrogens with two attached hydrogens (primary N) is 2. The number of ether oxygens (including phenoxy) is 2. The van der Waals surface area contributed by atoms with Crippen molar-refractivity contribution in [2.24, 2.45) is 5.73 Å². The zero-order chi connectivity index (χ0) is 13.8. The molecule has 0 aliphatic carbocycles. The Labute approximate surface area is 110 Å². The van der Waals surface area contributed by atoms with Crippen LogP contribution in [0.25, 0.3) is 0 Å². The lowest BCUT2D eigenvalue weighted by Gasteiger charge is -2.09. The lowest BCUT2D eigenvalue weighted by Crippen LogP contribution is -2.13. The van der Waals surface area contributed by atoms with E-state index >= 15 is 0 Å². The van der Waals surface area contributed by atoms with Crippen LogP contribution in [0, 0.1) is 0 Å². The number of nitrogens with zero attached hydrogens (tertiary/aromatic N) is 1. The summed E-state index contributed by atoms with van der Waals surface area (Å²) in [6.07, 6.45) is 0. The van der Waals surface area contributed by atoms with Crippen molar-refractivity contribution < 1.29 is 14.3 Å². The zero-order valence-corrected chi connectivity index (χ0v) is 10.3. The van der Waals surface area contributed by atoms with Crippen LogP contribution >= 0.6 is 0 Å². The highest BCUT2D eigenvalue weighted by molar-refractivity contribution is 5.91. The molecule has 98 valence electrons. The normalized spacial score (nSPS) is 9.95. The number of hydrogen-bond acceptors (Lipinski definition) is 5. The van der Waals surface area contributed by atoms with Crippen LogP contribution in [-0.2, 0) is 0 Å². The number of pyridine rings is 1. The fourth-order valence-corrected chi connectivity index (χ4v) is 1.45. The van der Waals surface area contributed by atoms with E-state index in [1.165, 1.54) is 12.1 Å². The maximum Gasteiger partial charge on any atom is 0.267 e. The Bertz CT molecular complexity index is 614. The van der Waals surface area contributed by atoms with Crippen molar-refractivity contribution >= 4 is 11.6 Å². The highest BCUT2D eigenvalue weighted by Crippen LogP contribution is 2.27. The largest absolute Gasteiger partial charge is 0.497 e. The third-order valence-electron chi connectivity index (χ3n) is 2.40. The number of rotatable bonds is 4. The van der Waals surface area contributed by atoms with E-state index in [0.29, 0.717) is 17.2 Å². The van der Waals surface area contributed by atoms with Gasteiger partial charge in [-0.2, -0.15) is 0 Å². The summed E-state index contributed by atoms with van der Waals surface area (Å²) in [5.74, 6) is 0.627. The Morgan fingerprint density at radius 2 is 1.95 bits per heavy atom. The number of carbonyl (C=O) groups excluding carboxylic acids is 1. The number of aromatic nitrogens is 1. The second-order valence-corrected chi connectivity index (χ2v) is 3.74. The minimum atomic E-state index is -0.643. The van der Waals surface area contributed by atoms with Gasteiger partial charge in [0.2, 0.25) is 5.88 Å². The summed E-state index contributed by atoms with van der Waals surface area (Å²) in [5, 5.41) is 0. The molecule has 0 fully saturated rings. The van der Waals surface area contributed by atoms with Crippen LogP contribution in [-0.4, -0.2) is 18.0 Å². The summed E-state index contributed by atoms with van der Waals surface area (Å²) in [5.41, 5.74) is 11.3. The highest BCUT2D eigenvalue weighted by atomic mass is 16.5. The number of primary amides is 1. The summed E-state index contributed by atoms with van der Waals surface area (Å²) < 4.78 is 10.6. The van der Waals surface area contributed by atoms with E-state index in [0.717, 1.165) is 0 Å². The van der Waals surface area contributed by atoms with Crippen molar-refractivity contribution in [2.45, 2.75) is 0 Å². The van der Waals surface area contributed by atoms with Gasteiger partial charge in [0.1, 0.15) is 17.2 Å². The molecule has 0 aliphatic heterocycles. The van der Waals surface area contributed by atoms with Crippen LogP contribution in [0.5, 0.6) is 17.4 Å². The van der Waals surface area contributed by atoms with Crippen molar-refractivity contribution in [1.82, 2.24) is 4.98 Å². The van der Waals surface area contributed by atoms with Gasteiger partial charge >= 0.3 is 0 Å². The van der Waals surface area contributed by atoms with E-state index in [1.54, 1.807) is 31.4 Å². The SMILES string of the molecule is COc1cccc(Oc2nc(C(N)=O)ccc2N)c1. The number of carbonyl (C=O) groups is 1. The van der Waals surface area contributed by atoms with Gasteiger partial charge in [-0.05, 0) is 24.3 Å². The molecule has 6 heteroatoms. The monoisotopic (exact) mass is 259 g/mol. The van der Waals surface area contributed by atoms with Crippen molar-refractivity contribution in [3.05, 3.63) is 42.1 Å². The number of anilines is 1. The van der Waals surface area contributed by atoms with Crippen LogP contribution in [0.15, 0.2) is 36.4 Å². The maximum atomic E-state index is 11.1. The first kappa shape index (κ1) is 12.7. The van der Waals surface area contributed by atoms with E-state index in [1.807, 2.05) is 0 Å². The number of benzene rings is 1. The van der Waals surface area contributed by atoms with E-state index in [4.69, 9.17) is 20.9 Å². The molecule has 1 heterocycles. The highest BCUT2D eigenvalue weighted by Gasteiger charge is 2.09. The molecule has 1 amide bonds. The fourth-order valence-electron chi connectivity index (χ4n) is 1.45. The lowest BCUT2D eigenvalue weighted by molar-refractivity contribution is 0.0995. The molecule has 0 aliphatic rings. The van der Waals surface area contributed by atoms with Crippen LogP contribution in [0.2, 0.25) is 0 Å². The molecule has 0 atom stereocenters. The molecule has 2 rings (SSSR count). The number of nitrogen functional groups attached to an aromatic ring is 1. The fraction of sp³-hybridized carbons (Fsp3) is 0.0769. The van der Waals surface area contributed by atoms with Gasteiger partial charge in [-0.25, -0.2) is 4.98 Å². The van der Waals surface area contributed by atoms with Gasteiger partial charge in [0.15, 0.2) is 0 Å². The molecule has 0 bridgehead atoms. The van der Waals surface area contributed by atoms with Crippen molar-refractivity contribution in [3.63, 3.8) is 0 Å². The molecule has 0 spiro atoms. The Kier molecular flexibility index (Phi) is 3.51. The second kappa shape index (κ2) is 5.26. The van der Waals surface area contributed by atoms with Gasteiger partial charge in [-0.3, -0.25) is 4.79 Å². The van der Waals surface area contributed by atoms with Crippen LogP contribution in [0.3, 0.4) is 0 Å². The summed E-state index contributed by atoms with van der Waals surface area (Å²) in [6.45, 7) is 0. The minimum Gasteiger partial charge on any atom is -0.497 e. The van der Waals surface area contributed by atoms with Crippen LogP contribution < -0.4 is 20.9 Å². The van der Waals surface area contributed by atoms with Crippen molar-refractivity contribution in [1.29, 1.82) is 0 Å². The molecule has 6 nitrogen and oxygen atoms in total. The molecular formula is C13H13N3O3. The third-order valence-corrected chi connectivity index (χ3v) is 2.40. The van der Waals surface area contributed by atoms with Gasteiger partial charge < -0.3 is 20.9 Å². The van der Waals surface area contributed by atoms with Gasteiger partial charge in [0.25, 0.3) is 5.91 Å². The van der Waals surface area contributed by atoms with Gasteiger partial charge in [-0.15, -0.1) is 0 Å². The van der Waals surface area contributed by atoms with E-state index < -0.39 is 5.91 Å². The Hall–Kier alpha value is -2.76. The molecule has 2 aromatic rings. The predicted molar refractivity (Wildman–Crippen MR) is 70.2 cm³/mol. The molecular weight excluding hydrogens is 246 g/mol. The van der Waals surface area contributed by atoms with E-state index in [9.17, 15) is 4.79 Å². The summed E-state index contributed by atoms with van der Waals surface area (Å²) in [7, 11) is 1.55. The molecule has 0 unspecified atom stereocenters. The van der Waals surface area contributed by atoms with Crippen LogP contribution in [0.4, 0.5) is 5.69 Å². The van der Waals surface area contributed by atoms with E-state index in [2.05, 4.69) is 4.98 Å². The number of amides is 1. The first-order valence-corrected chi connectivity index (χ1v) is 5.48. The molecule has 19 heavy (non-hydrogen) atoms. The van der Waals surface area contributed by atoms with Gasteiger partial charge in [0, 0.05) is 6.07 Å². The summed E-state index contributed by atoms with van der Waals surface area (Å²) in [6, 6.07) is 9.91. The van der Waals surface area contributed by atoms with Crippen LogP contribution in [0.1, 0.15) is 10.5 Å². The molecule has 4 N–H and O–H groups in total. The van der Waals surface area contributed by atoms with Gasteiger partial charge in [-0.1, -0.05) is 6.07 Å². The number of methoxy groups -OCH3 is 1. The Balaban J connectivity index is 2.31. The molecule has 1 aromatic carbocycles. The zero-order valence-electron chi connectivity index (χ0n) is 10.3. The average molecular weight is 259 g/mol. The minimum absolute atomic E-state index is 0.0899. The lowest BCUT2D eigenvalue weighted by atomic mass is 10.3. The van der Waals surface area contributed by atoms with Crippen molar-refractivity contribution in [2.75, 3.05) is 12.8 Å². The van der Waals surface area contributed by atoms with Gasteiger partial charge in [0.05, 0.1) is 12.8 Å². The number of hydrogen-bond donors (Lipinski definition) is 2. The summed E-state index contributed by atoms with van der Waals surface area (Å²) >= 11 is 0. The maximum absolute atomic E-state index is 11.1. The second-order valence-electron chi connectivity index (χ2n) is 3.74.